The minimum absolute atomic E-state index is 0. The van der Waals surface area contributed by atoms with Crippen molar-refractivity contribution in [2.75, 3.05) is 26.2 Å². The Morgan fingerprint density at radius 3 is 2.74 bits per heavy atom. The van der Waals surface area contributed by atoms with Crippen molar-refractivity contribution >= 4 is 29.9 Å². The number of carbonyl (C=O) groups excluding carboxylic acids is 1. The molecule has 2 heterocycles. The normalized spacial score (nSPS) is 21.8. The van der Waals surface area contributed by atoms with Gasteiger partial charge in [-0.3, -0.25) is 4.79 Å². The van der Waals surface area contributed by atoms with Gasteiger partial charge in [-0.05, 0) is 56.3 Å². The van der Waals surface area contributed by atoms with Gasteiger partial charge in [-0.25, -0.2) is 0 Å². The maximum absolute atomic E-state index is 12.2. The van der Waals surface area contributed by atoms with E-state index in [-0.39, 0.29) is 24.9 Å². The van der Waals surface area contributed by atoms with E-state index in [1.165, 1.54) is 12.8 Å². The Kier molecular flexibility index (Phi) is 7.00. The third-order valence-electron chi connectivity index (χ3n) is 4.72. The zero-order chi connectivity index (χ0) is 15.4. The summed E-state index contributed by atoms with van der Waals surface area (Å²) in [4.78, 5) is 14.2. The molecule has 2 aliphatic rings. The molecule has 2 fully saturated rings. The summed E-state index contributed by atoms with van der Waals surface area (Å²) >= 11 is 5.91. The number of hydrogen-bond acceptors (Lipinski definition) is 3. The minimum Gasteiger partial charge on any atom is -0.484 e. The number of likely N-dealkylation sites (tertiary alicyclic amines) is 1. The van der Waals surface area contributed by atoms with Gasteiger partial charge in [0.1, 0.15) is 5.75 Å². The van der Waals surface area contributed by atoms with Crippen LogP contribution in [0.3, 0.4) is 0 Å². The third kappa shape index (κ3) is 5.00. The number of benzene rings is 1. The number of carbonyl (C=O) groups is 1. The van der Waals surface area contributed by atoms with Crippen molar-refractivity contribution in [3.8, 4) is 5.75 Å². The lowest BCUT2D eigenvalue weighted by Crippen LogP contribution is -2.44. The van der Waals surface area contributed by atoms with Crippen LogP contribution in [-0.4, -0.2) is 43.1 Å². The number of hydrogen-bond donors (Lipinski definition) is 1. The van der Waals surface area contributed by atoms with Crippen molar-refractivity contribution in [1.29, 1.82) is 0 Å². The molecular formula is C17H24Cl2N2O2. The maximum Gasteiger partial charge on any atom is 0.260 e. The van der Waals surface area contributed by atoms with E-state index in [1.807, 2.05) is 17.0 Å². The summed E-state index contributed by atoms with van der Waals surface area (Å²) in [6.45, 7) is 2.94. The monoisotopic (exact) mass is 358 g/mol. The zero-order valence-corrected chi connectivity index (χ0v) is 14.7. The molecule has 2 saturated heterocycles. The number of halogens is 2. The largest absolute Gasteiger partial charge is 0.484 e. The number of rotatable bonds is 4. The highest BCUT2D eigenvalue weighted by atomic mass is 35.5. The van der Waals surface area contributed by atoms with E-state index in [0.717, 1.165) is 38.4 Å². The zero-order valence-electron chi connectivity index (χ0n) is 13.2. The van der Waals surface area contributed by atoms with Gasteiger partial charge in [0.25, 0.3) is 5.91 Å². The number of nitrogens with one attached hydrogen (secondary N) is 1. The fraction of sp³-hybridized carbons (Fsp3) is 0.588. The molecule has 3 rings (SSSR count). The number of piperidine rings is 1. The molecule has 1 atom stereocenters. The van der Waals surface area contributed by atoms with Crippen LogP contribution in [0.25, 0.3) is 0 Å². The lowest BCUT2D eigenvalue weighted by Gasteiger charge is -2.34. The van der Waals surface area contributed by atoms with E-state index in [1.54, 1.807) is 12.1 Å². The Hall–Kier alpha value is -0.970. The lowest BCUT2D eigenvalue weighted by atomic mass is 9.88. The predicted molar refractivity (Wildman–Crippen MR) is 94.5 cm³/mol. The van der Waals surface area contributed by atoms with Crippen molar-refractivity contribution < 1.29 is 9.53 Å². The molecule has 0 aliphatic carbocycles. The van der Waals surface area contributed by atoms with Crippen molar-refractivity contribution in [2.24, 2.45) is 5.92 Å². The Labute approximate surface area is 148 Å². The van der Waals surface area contributed by atoms with Crippen LogP contribution in [0.1, 0.15) is 25.7 Å². The maximum atomic E-state index is 12.2. The predicted octanol–water partition coefficient (Wildman–Crippen LogP) is 3.13. The first-order valence-corrected chi connectivity index (χ1v) is 8.50. The molecule has 4 nitrogen and oxygen atoms in total. The van der Waals surface area contributed by atoms with E-state index in [4.69, 9.17) is 16.3 Å². The van der Waals surface area contributed by atoms with Gasteiger partial charge in [-0.1, -0.05) is 17.7 Å². The summed E-state index contributed by atoms with van der Waals surface area (Å²) < 4.78 is 5.54. The second-order valence-electron chi connectivity index (χ2n) is 6.17. The average Bonchev–Trinajstić information content (AvgIpc) is 3.07. The summed E-state index contributed by atoms with van der Waals surface area (Å²) in [6.07, 6.45) is 4.77. The second-order valence-corrected chi connectivity index (χ2v) is 6.60. The van der Waals surface area contributed by atoms with E-state index in [2.05, 4.69) is 5.32 Å². The Bertz CT molecular complexity index is 513. The minimum atomic E-state index is 0. The molecule has 1 N–H and O–H groups in total. The van der Waals surface area contributed by atoms with Crippen LogP contribution in [0.4, 0.5) is 0 Å². The first kappa shape index (κ1) is 18.4. The van der Waals surface area contributed by atoms with E-state index in [0.29, 0.717) is 16.8 Å². The molecule has 0 aromatic heterocycles. The van der Waals surface area contributed by atoms with Crippen molar-refractivity contribution in [2.45, 2.75) is 31.7 Å². The summed E-state index contributed by atoms with van der Waals surface area (Å²) in [5, 5.41) is 4.20. The van der Waals surface area contributed by atoms with Crippen molar-refractivity contribution in [1.82, 2.24) is 10.2 Å². The third-order valence-corrected chi connectivity index (χ3v) is 4.95. The van der Waals surface area contributed by atoms with Gasteiger partial charge >= 0.3 is 0 Å². The Balaban J connectivity index is 0.00000192. The van der Waals surface area contributed by atoms with Gasteiger partial charge < -0.3 is 15.0 Å². The average molecular weight is 359 g/mol. The summed E-state index contributed by atoms with van der Waals surface area (Å²) in [6, 6.07) is 7.82. The molecular weight excluding hydrogens is 335 g/mol. The van der Waals surface area contributed by atoms with Crippen LogP contribution in [0.5, 0.6) is 5.75 Å². The van der Waals surface area contributed by atoms with E-state index >= 15 is 0 Å². The Morgan fingerprint density at radius 2 is 2.09 bits per heavy atom. The highest BCUT2D eigenvalue weighted by molar-refractivity contribution is 6.30. The molecule has 1 aromatic carbocycles. The summed E-state index contributed by atoms with van der Waals surface area (Å²) in [7, 11) is 0. The standard InChI is InChI=1S/C17H23ClN2O2.ClH/c18-14-3-1-4-15(11-14)22-12-17(21)20-9-6-13(7-10-20)16-5-2-8-19-16;/h1,3-4,11,13,16,19H,2,5-10,12H2;1H. The van der Waals surface area contributed by atoms with Gasteiger partial charge in [0, 0.05) is 24.2 Å². The van der Waals surface area contributed by atoms with Crippen molar-refractivity contribution in [3.05, 3.63) is 29.3 Å². The lowest BCUT2D eigenvalue weighted by molar-refractivity contribution is -0.134. The van der Waals surface area contributed by atoms with Crippen LogP contribution < -0.4 is 10.1 Å². The summed E-state index contributed by atoms with van der Waals surface area (Å²) in [5.74, 6) is 1.43. The van der Waals surface area contributed by atoms with Crippen LogP contribution in [0.15, 0.2) is 24.3 Å². The molecule has 2 aliphatic heterocycles. The fourth-order valence-electron chi connectivity index (χ4n) is 3.46. The molecule has 1 unspecified atom stereocenters. The van der Waals surface area contributed by atoms with Gasteiger partial charge in [-0.15, -0.1) is 12.4 Å². The summed E-state index contributed by atoms with van der Waals surface area (Å²) in [5.41, 5.74) is 0. The van der Waals surface area contributed by atoms with Gasteiger partial charge in [-0.2, -0.15) is 0 Å². The molecule has 1 amide bonds. The van der Waals surface area contributed by atoms with Gasteiger partial charge in [0.15, 0.2) is 6.61 Å². The highest BCUT2D eigenvalue weighted by Gasteiger charge is 2.29. The van der Waals surface area contributed by atoms with Crippen LogP contribution in [0.2, 0.25) is 5.02 Å². The first-order valence-electron chi connectivity index (χ1n) is 8.12. The Morgan fingerprint density at radius 1 is 1.30 bits per heavy atom. The quantitative estimate of drug-likeness (QED) is 0.898. The molecule has 0 bridgehead atoms. The first-order chi connectivity index (χ1) is 10.7. The number of amides is 1. The van der Waals surface area contributed by atoms with Crippen LogP contribution >= 0.6 is 24.0 Å². The van der Waals surface area contributed by atoms with Crippen LogP contribution in [-0.2, 0) is 4.79 Å². The van der Waals surface area contributed by atoms with E-state index < -0.39 is 0 Å². The highest BCUT2D eigenvalue weighted by Crippen LogP contribution is 2.25. The molecule has 1 aromatic rings. The second kappa shape index (κ2) is 8.76. The SMILES string of the molecule is Cl.O=C(COc1cccc(Cl)c1)N1CCC(C2CCCN2)CC1. The van der Waals surface area contributed by atoms with E-state index in [9.17, 15) is 4.79 Å². The molecule has 0 spiro atoms. The molecule has 128 valence electrons. The molecule has 0 radical (unpaired) electrons. The van der Waals surface area contributed by atoms with Gasteiger partial charge in [0.2, 0.25) is 0 Å². The topological polar surface area (TPSA) is 41.6 Å². The van der Waals surface area contributed by atoms with Crippen LogP contribution in [0, 0.1) is 5.92 Å². The smallest absolute Gasteiger partial charge is 0.260 e. The van der Waals surface area contributed by atoms with Gasteiger partial charge in [0.05, 0.1) is 0 Å². The number of ether oxygens (including phenoxy) is 1. The molecule has 23 heavy (non-hydrogen) atoms. The molecule has 0 saturated carbocycles. The van der Waals surface area contributed by atoms with Crippen molar-refractivity contribution in [3.63, 3.8) is 0 Å². The number of nitrogens with zero attached hydrogens (tertiary/aromatic N) is 1. The fourth-order valence-corrected chi connectivity index (χ4v) is 3.64. The molecule has 6 heteroatoms.